The van der Waals surface area contributed by atoms with Crippen LogP contribution in [0.15, 0.2) is 30.5 Å². The molecule has 6 nitrogen and oxygen atoms in total. The number of aryl methyl sites for hydroxylation is 1. The average molecular weight is 272 g/mol. The molecule has 0 unspecified atom stereocenters. The molecule has 0 aliphatic carbocycles. The molecule has 3 N–H and O–H groups in total. The summed E-state index contributed by atoms with van der Waals surface area (Å²) in [5.41, 5.74) is 7.87. The van der Waals surface area contributed by atoms with Crippen LogP contribution >= 0.6 is 0 Å². The van der Waals surface area contributed by atoms with Gasteiger partial charge < -0.3 is 11.1 Å². The van der Waals surface area contributed by atoms with Crippen molar-refractivity contribution in [2.24, 2.45) is 12.8 Å². The van der Waals surface area contributed by atoms with Gasteiger partial charge in [-0.25, -0.2) is 0 Å². The lowest BCUT2D eigenvalue weighted by Crippen LogP contribution is -2.23. The minimum Gasteiger partial charge on any atom is -0.366 e. The Morgan fingerprint density at radius 2 is 1.95 bits per heavy atom. The van der Waals surface area contributed by atoms with E-state index in [1.165, 1.54) is 0 Å². The molecule has 0 radical (unpaired) electrons. The summed E-state index contributed by atoms with van der Waals surface area (Å²) in [6.07, 6.45) is 1.54. The van der Waals surface area contributed by atoms with E-state index < -0.39 is 5.91 Å². The number of aromatic nitrogens is 2. The van der Waals surface area contributed by atoms with E-state index in [-0.39, 0.29) is 5.91 Å². The number of primary amides is 1. The van der Waals surface area contributed by atoms with Crippen LogP contribution in [-0.2, 0) is 13.6 Å². The molecule has 0 saturated carbocycles. The molecule has 0 aliphatic rings. The Morgan fingerprint density at radius 3 is 2.45 bits per heavy atom. The number of benzene rings is 1. The summed E-state index contributed by atoms with van der Waals surface area (Å²) in [7, 11) is 1.79. The fourth-order valence-corrected chi connectivity index (χ4v) is 1.79. The Kier molecular flexibility index (Phi) is 3.84. The van der Waals surface area contributed by atoms with Gasteiger partial charge in [-0.3, -0.25) is 14.3 Å². The molecule has 2 amide bonds. The molecule has 104 valence electrons. The largest absolute Gasteiger partial charge is 0.366 e. The van der Waals surface area contributed by atoms with Crippen LogP contribution in [-0.4, -0.2) is 21.6 Å². The van der Waals surface area contributed by atoms with Gasteiger partial charge in [0.1, 0.15) is 0 Å². The molecule has 6 heteroatoms. The molecule has 0 atom stereocenters. The summed E-state index contributed by atoms with van der Waals surface area (Å²) in [6, 6.07) is 6.80. The summed E-state index contributed by atoms with van der Waals surface area (Å²) in [5.74, 6) is -0.638. The maximum atomic E-state index is 12.0. The third-order valence-electron chi connectivity index (χ3n) is 3.17. The highest BCUT2D eigenvalue weighted by Gasteiger charge is 2.12. The maximum Gasteiger partial charge on any atom is 0.255 e. The number of hydrogen-bond donors (Lipinski definition) is 2. The van der Waals surface area contributed by atoms with Crippen LogP contribution in [0.2, 0.25) is 0 Å². The van der Waals surface area contributed by atoms with E-state index >= 15 is 0 Å². The molecule has 0 saturated heterocycles. The number of carbonyl (C=O) groups excluding carboxylic acids is 2. The minimum absolute atomic E-state index is 0.172. The number of amides is 2. The lowest BCUT2D eigenvalue weighted by atomic mass is 10.1. The Morgan fingerprint density at radius 1 is 1.30 bits per heavy atom. The second kappa shape index (κ2) is 5.56. The fourth-order valence-electron chi connectivity index (χ4n) is 1.79. The first-order valence-electron chi connectivity index (χ1n) is 6.14. The zero-order valence-corrected chi connectivity index (χ0v) is 11.4. The number of nitrogens with zero attached hydrogens (tertiary/aromatic N) is 2. The first-order valence-corrected chi connectivity index (χ1v) is 6.14. The second-order valence-electron chi connectivity index (χ2n) is 4.51. The standard InChI is InChI=1S/C14H16N4O2/c1-9-12(8-17-18(9)2)14(20)16-7-10-3-5-11(6-4-10)13(15)19/h3-6,8H,7H2,1-2H3,(H2,15,19)(H,16,20). The Hall–Kier alpha value is -2.63. The molecule has 2 rings (SSSR count). The number of rotatable bonds is 4. The van der Waals surface area contributed by atoms with Crippen molar-refractivity contribution >= 4 is 11.8 Å². The van der Waals surface area contributed by atoms with Crippen molar-refractivity contribution in [1.29, 1.82) is 0 Å². The summed E-state index contributed by atoms with van der Waals surface area (Å²) < 4.78 is 1.65. The highest BCUT2D eigenvalue weighted by Crippen LogP contribution is 2.07. The van der Waals surface area contributed by atoms with Crippen LogP contribution in [0.3, 0.4) is 0 Å². The van der Waals surface area contributed by atoms with Gasteiger partial charge in [0.2, 0.25) is 5.91 Å². The van der Waals surface area contributed by atoms with Crippen molar-refractivity contribution in [3.8, 4) is 0 Å². The predicted octanol–water partition coefficient (Wildman–Crippen LogP) is 0.757. The highest BCUT2D eigenvalue weighted by molar-refractivity contribution is 5.95. The van der Waals surface area contributed by atoms with Gasteiger partial charge in [-0.1, -0.05) is 12.1 Å². The number of nitrogens with one attached hydrogen (secondary N) is 1. The van der Waals surface area contributed by atoms with Crippen LogP contribution in [0.4, 0.5) is 0 Å². The van der Waals surface area contributed by atoms with Crippen molar-refractivity contribution in [3.63, 3.8) is 0 Å². The third-order valence-corrected chi connectivity index (χ3v) is 3.17. The van der Waals surface area contributed by atoms with E-state index in [0.29, 0.717) is 17.7 Å². The molecule has 0 fully saturated rings. The molecular weight excluding hydrogens is 256 g/mol. The third kappa shape index (κ3) is 2.85. The Balaban J connectivity index is 2.00. The SMILES string of the molecule is Cc1c(C(=O)NCc2ccc(C(N)=O)cc2)cnn1C. The number of hydrogen-bond acceptors (Lipinski definition) is 3. The van der Waals surface area contributed by atoms with Gasteiger partial charge in [0.25, 0.3) is 5.91 Å². The van der Waals surface area contributed by atoms with Gasteiger partial charge in [0.15, 0.2) is 0 Å². The van der Waals surface area contributed by atoms with E-state index in [1.54, 1.807) is 42.2 Å². The normalized spacial score (nSPS) is 10.3. The van der Waals surface area contributed by atoms with E-state index in [0.717, 1.165) is 11.3 Å². The second-order valence-corrected chi connectivity index (χ2v) is 4.51. The summed E-state index contributed by atoms with van der Waals surface area (Å²) >= 11 is 0. The topological polar surface area (TPSA) is 90.0 Å². The van der Waals surface area contributed by atoms with E-state index in [1.807, 2.05) is 6.92 Å². The van der Waals surface area contributed by atoms with Crippen LogP contribution in [0, 0.1) is 6.92 Å². The van der Waals surface area contributed by atoms with Crippen molar-refractivity contribution in [2.75, 3.05) is 0 Å². The van der Waals surface area contributed by atoms with Crippen LogP contribution < -0.4 is 11.1 Å². The van der Waals surface area contributed by atoms with Gasteiger partial charge in [-0.05, 0) is 24.6 Å². The quantitative estimate of drug-likeness (QED) is 0.860. The lowest BCUT2D eigenvalue weighted by molar-refractivity contribution is 0.0948. The fraction of sp³-hybridized carbons (Fsp3) is 0.214. The van der Waals surface area contributed by atoms with E-state index in [2.05, 4.69) is 10.4 Å². The molecule has 1 aromatic carbocycles. The Labute approximate surface area is 116 Å². The van der Waals surface area contributed by atoms with Gasteiger partial charge in [-0.2, -0.15) is 5.10 Å². The molecular formula is C14H16N4O2. The van der Waals surface area contributed by atoms with Crippen LogP contribution in [0.5, 0.6) is 0 Å². The van der Waals surface area contributed by atoms with Crippen LogP contribution in [0.25, 0.3) is 0 Å². The molecule has 0 bridgehead atoms. The molecule has 0 spiro atoms. The van der Waals surface area contributed by atoms with E-state index in [9.17, 15) is 9.59 Å². The monoisotopic (exact) mass is 272 g/mol. The van der Waals surface area contributed by atoms with E-state index in [4.69, 9.17) is 5.73 Å². The molecule has 2 aromatic rings. The number of nitrogens with two attached hydrogens (primary N) is 1. The summed E-state index contributed by atoms with van der Waals surface area (Å²) in [5, 5.41) is 6.84. The molecule has 1 heterocycles. The van der Waals surface area contributed by atoms with Crippen molar-refractivity contribution in [3.05, 3.63) is 52.8 Å². The number of carbonyl (C=O) groups is 2. The van der Waals surface area contributed by atoms with Crippen molar-refractivity contribution < 1.29 is 9.59 Å². The zero-order chi connectivity index (χ0) is 14.7. The molecule has 1 aromatic heterocycles. The predicted molar refractivity (Wildman–Crippen MR) is 74.1 cm³/mol. The van der Waals surface area contributed by atoms with Crippen LogP contribution in [0.1, 0.15) is 32.0 Å². The van der Waals surface area contributed by atoms with Crippen molar-refractivity contribution in [2.45, 2.75) is 13.5 Å². The van der Waals surface area contributed by atoms with Gasteiger partial charge in [0.05, 0.1) is 11.8 Å². The first-order chi connectivity index (χ1) is 9.49. The lowest BCUT2D eigenvalue weighted by Gasteiger charge is -2.05. The van der Waals surface area contributed by atoms with Crippen molar-refractivity contribution in [1.82, 2.24) is 15.1 Å². The summed E-state index contributed by atoms with van der Waals surface area (Å²) in [4.78, 5) is 22.9. The minimum atomic E-state index is -0.466. The zero-order valence-electron chi connectivity index (χ0n) is 11.4. The average Bonchev–Trinajstić information content (AvgIpc) is 2.77. The van der Waals surface area contributed by atoms with Gasteiger partial charge in [0, 0.05) is 24.8 Å². The Bertz CT molecular complexity index is 644. The molecule has 0 aliphatic heterocycles. The van der Waals surface area contributed by atoms with Gasteiger partial charge in [-0.15, -0.1) is 0 Å². The highest BCUT2D eigenvalue weighted by atomic mass is 16.2. The van der Waals surface area contributed by atoms with Gasteiger partial charge >= 0.3 is 0 Å². The maximum absolute atomic E-state index is 12.0. The summed E-state index contributed by atoms with van der Waals surface area (Å²) in [6.45, 7) is 2.22. The first kappa shape index (κ1) is 13.8. The smallest absolute Gasteiger partial charge is 0.255 e. The molecule has 20 heavy (non-hydrogen) atoms.